The lowest BCUT2D eigenvalue weighted by Crippen LogP contribution is -2.07. The monoisotopic (exact) mass is 244 g/mol. The minimum absolute atomic E-state index is 0.915. The number of fused-ring (bicyclic) bond motifs is 1. The van der Waals surface area contributed by atoms with E-state index in [1.54, 1.807) is 11.3 Å². The quantitative estimate of drug-likeness (QED) is 0.754. The first-order valence-electron chi connectivity index (χ1n) is 5.33. The Kier molecular flexibility index (Phi) is 2.33. The number of H-pyrrole nitrogens is 1. The van der Waals surface area contributed by atoms with E-state index in [9.17, 15) is 0 Å². The fourth-order valence-electron chi connectivity index (χ4n) is 1.69. The highest BCUT2D eigenvalue weighted by Crippen LogP contribution is 2.29. The van der Waals surface area contributed by atoms with Crippen molar-refractivity contribution in [3.63, 3.8) is 0 Å². The molecule has 0 radical (unpaired) electrons. The first-order chi connectivity index (χ1) is 8.24. The first kappa shape index (κ1) is 10.3. The van der Waals surface area contributed by atoms with Gasteiger partial charge in [0, 0.05) is 25.0 Å². The van der Waals surface area contributed by atoms with Crippen LogP contribution in [-0.2, 0) is 0 Å². The van der Waals surface area contributed by atoms with Crippen LogP contribution in [0.25, 0.3) is 21.6 Å². The van der Waals surface area contributed by atoms with Crippen molar-refractivity contribution in [2.45, 2.75) is 0 Å². The van der Waals surface area contributed by atoms with Crippen LogP contribution < -0.4 is 4.90 Å². The van der Waals surface area contributed by atoms with Gasteiger partial charge in [0.1, 0.15) is 0 Å². The minimum atomic E-state index is 0.915. The Hall–Kier alpha value is -1.88. The Bertz CT molecular complexity index is 620. The summed E-state index contributed by atoms with van der Waals surface area (Å²) in [6.07, 6.45) is 0. The molecule has 0 aliphatic rings. The average molecular weight is 244 g/mol. The zero-order chi connectivity index (χ0) is 11.8. The smallest absolute Gasteiger partial charge is 0.208 e. The molecular formula is C12H12N4S. The van der Waals surface area contributed by atoms with Crippen LogP contribution >= 0.6 is 11.3 Å². The van der Waals surface area contributed by atoms with Crippen LogP contribution in [0.2, 0.25) is 0 Å². The lowest BCUT2D eigenvalue weighted by atomic mass is 10.2. The van der Waals surface area contributed by atoms with Gasteiger partial charge in [-0.15, -0.1) is 10.2 Å². The van der Waals surface area contributed by atoms with Crippen molar-refractivity contribution in [3.8, 4) is 10.7 Å². The van der Waals surface area contributed by atoms with Crippen LogP contribution in [0.4, 0.5) is 5.13 Å². The molecule has 3 aromatic rings. The molecule has 0 saturated carbocycles. The second-order valence-corrected chi connectivity index (χ2v) is 5.01. The summed E-state index contributed by atoms with van der Waals surface area (Å²) >= 11 is 1.58. The Morgan fingerprint density at radius 1 is 1.18 bits per heavy atom. The summed E-state index contributed by atoms with van der Waals surface area (Å²) in [6.45, 7) is 0. The molecule has 0 aliphatic heterocycles. The summed E-state index contributed by atoms with van der Waals surface area (Å²) in [7, 11) is 3.94. The molecule has 0 spiro atoms. The van der Waals surface area contributed by atoms with Crippen LogP contribution in [0, 0.1) is 0 Å². The molecule has 3 rings (SSSR count). The zero-order valence-electron chi connectivity index (χ0n) is 9.64. The molecule has 2 heterocycles. The molecule has 5 heteroatoms. The van der Waals surface area contributed by atoms with Crippen LogP contribution in [0.1, 0.15) is 0 Å². The van der Waals surface area contributed by atoms with Crippen LogP contribution in [0.3, 0.4) is 0 Å². The van der Waals surface area contributed by atoms with E-state index in [1.807, 2.05) is 31.1 Å². The fourth-order valence-corrected chi connectivity index (χ4v) is 2.43. The molecular weight excluding hydrogens is 232 g/mol. The highest BCUT2D eigenvalue weighted by Gasteiger charge is 2.10. The van der Waals surface area contributed by atoms with Gasteiger partial charge in [-0.1, -0.05) is 29.5 Å². The third kappa shape index (κ3) is 1.78. The molecule has 17 heavy (non-hydrogen) atoms. The summed E-state index contributed by atoms with van der Waals surface area (Å²) in [5, 5.41) is 11.4. The Balaban J connectivity index is 2.07. The highest BCUT2D eigenvalue weighted by molar-refractivity contribution is 7.18. The van der Waals surface area contributed by atoms with Gasteiger partial charge in [-0.3, -0.25) is 0 Å². The molecule has 4 nitrogen and oxygen atoms in total. The molecule has 0 fully saturated rings. The van der Waals surface area contributed by atoms with Gasteiger partial charge in [0.2, 0.25) is 5.13 Å². The molecule has 1 aromatic carbocycles. The van der Waals surface area contributed by atoms with E-state index in [4.69, 9.17) is 0 Å². The van der Waals surface area contributed by atoms with Crippen molar-refractivity contribution >= 4 is 27.4 Å². The Morgan fingerprint density at radius 2 is 2.00 bits per heavy atom. The van der Waals surface area contributed by atoms with E-state index in [-0.39, 0.29) is 0 Å². The van der Waals surface area contributed by atoms with Crippen molar-refractivity contribution in [2.75, 3.05) is 19.0 Å². The number of nitrogens with zero attached hydrogens (tertiary/aromatic N) is 3. The Morgan fingerprint density at radius 3 is 2.71 bits per heavy atom. The molecule has 0 unspecified atom stereocenters. The van der Waals surface area contributed by atoms with E-state index in [0.29, 0.717) is 0 Å². The van der Waals surface area contributed by atoms with E-state index < -0.39 is 0 Å². The molecule has 86 valence electrons. The lowest BCUT2D eigenvalue weighted by molar-refractivity contribution is 1.02. The second-order valence-electron chi connectivity index (χ2n) is 4.05. The maximum Gasteiger partial charge on any atom is 0.208 e. The van der Waals surface area contributed by atoms with Crippen LogP contribution in [-0.4, -0.2) is 29.3 Å². The van der Waals surface area contributed by atoms with Gasteiger partial charge in [-0.25, -0.2) is 0 Å². The maximum absolute atomic E-state index is 4.20. The van der Waals surface area contributed by atoms with E-state index in [1.165, 1.54) is 5.39 Å². The predicted octanol–water partition coefficient (Wildman–Crippen LogP) is 2.75. The van der Waals surface area contributed by atoms with Crippen LogP contribution in [0.5, 0.6) is 0 Å². The number of anilines is 1. The minimum Gasteiger partial charge on any atom is -0.353 e. The van der Waals surface area contributed by atoms with Gasteiger partial charge in [0.15, 0.2) is 5.01 Å². The summed E-state index contributed by atoms with van der Waals surface area (Å²) < 4.78 is 0. The van der Waals surface area contributed by atoms with Gasteiger partial charge in [0.05, 0.1) is 5.69 Å². The number of nitrogens with one attached hydrogen (secondary N) is 1. The van der Waals surface area contributed by atoms with Gasteiger partial charge in [-0.05, 0) is 12.1 Å². The fraction of sp³-hybridized carbons (Fsp3) is 0.167. The topological polar surface area (TPSA) is 44.8 Å². The van der Waals surface area contributed by atoms with Crippen molar-refractivity contribution < 1.29 is 0 Å². The van der Waals surface area contributed by atoms with E-state index in [2.05, 4.69) is 33.4 Å². The number of para-hydroxylation sites is 1. The summed E-state index contributed by atoms with van der Waals surface area (Å²) in [4.78, 5) is 5.32. The predicted molar refractivity (Wildman–Crippen MR) is 71.5 cm³/mol. The highest BCUT2D eigenvalue weighted by atomic mass is 32.1. The van der Waals surface area contributed by atoms with Gasteiger partial charge in [0.25, 0.3) is 0 Å². The molecule has 0 bridgehead atoms. The lowest BCUT2D eigenvalue weighted by Gasteiger charge is -2.03. The van der Waals surface area contributed by atoms with E-state index in [0.717, 1.165) is 21.3 Å². The van der Waals surface area contributed by atoms with Crippen molar-refractivity contribution in [1.82, 2.24) is 15.2 Å². The third-order valence-corrected chi connectivity index (χ3v) is 3.68. The SMILES string of the molecule is CN(C)c1nnc(-c2cc3ccccc3[nH]2)s1. The number of rotatable bonds is 2. The standard InChI is InChI=1S/C12H12N4S/c1-16(2)12-15-14-11(17-12)10-7-8-5-3-4-6-9(8)13-10/h3-7,13H,1-2H3. The average Bonchev–Trinajstić information content (AvgIpc) is 2.95. The van der Waals surface area contributed by atoms with Gasteiger partial charge >= 0.3 is 0 Å². The van der Waals surface area contributed by atoms with Gasteiger partial charge < -0.3 is 9.88 Å². The summed E-state index contributed by atoms with van der Waals surface area (Å²) in [6, 6.07) is 10.3. The van der Waals surface area contributed by atoms with Crippen molar-refractivity contribution in [3.05, 3.63) is 30.3 Å². The number of hydrogen-bond acceptors (Lipinski definition) is 4. The number of aromatic amines is 1. The number of benzene rings is 1. The third-order valence-electron chi connectivity index (χ3n) is 2.56. The van der Waals surface area contributed by atoms with E-state index >= 15 is 0 Å². The largest absolute Gasteiger partial charge is 0.353 e. The molecule has 0 saturated heterocycles. The maximum atomic E-state index is 4.20. The molecule has 0 amide bonds. The Labute approximate surface area is 103 Å². The van der Waals surface area contributed by atoms with Crippen LogP contribution in [0.15, 0.2) is 30.3 Å². The molecule has 2 aromatic heterocycles. The number of hydrogen-bond donors (Lipinski definition) is 1. The normalized spacial score (nSPS) is 10.9. The summed E-state index contributed by atoms with van der Waals surface area (Å²) in [5.41, 5.74) is 2.15. The molecule has 0 aliphatic carbocycles. The first-order valence-corrected chi connectivity index (χ1v) is 6.14. The van der Waals surface area contributed by atoms with Crippen molar-refractivity contribution in [2.24, 2.45) is 0 Å². The zero-order valence-corrected chi connectivity index (χ0v) is 10.5. The molecule has 0 atom stereocenters. The van der Waals surface area contributed by atoms with Gasteiger partial charge in [-0.2, -0.15) is 0 Å². The summed E-state index contributed by atoms with van der Waals surface area (Å²) in [5.74, 6) is 0. The molecule has 1 N–H and O–H groups in total. The number of aromatic nitrogens is 3. The second kappa shape index (κ2) is 3.85. The van der Waals surface area contributed by atoms with Crippen molar-refractivity contribution in [1.29, 1.82) is 0 Å².